The number of hydrogen-bond acceptors (Lipinski definition) is 8. The van der Waals surface area contributed by atoms with Gasteiger partial charge in [0.2, 0.25) is 17.6 Å². The van der Waals surface area contributed by atoms with Crippen LogP contribution in [0.5, 0.6) is 0 Å². The molecule has 1 aromatic carbocycles. The number of nitrogens with one attached hydrogen (secondary N) is 1. The number of amides is 2. The van der Waals surface area contributed by atoms with E-state index in [1.165, 1.54) is 33.2 Å². The molecule has 0 radical (unpaired) electrons. The molecule has 1 aliphatic heterocycles. The Morgan fingerprint density at radius 1 is 1.18 bits per heavy atom. The van der Waals surface area contributed by atoms with Crippen LogP contribution in [0.25, 0.3) is 11.4 Å². The fourth-order valence-electron chi connectivity index (χ4n) is 4.27. The van der Waals surface area contributed by atoms with Gasteiger partial charge in [0.1, 0.15) is 18.4 Å². The van der Waals surface area contributed by atoms with Gasteiger partial charge in [-0.1, -0.05) is 6.07 Å². The van der Waals surface area contributed by atoms with Crippen molar-refractivity contribution in [2.24, 2.45) is 0 Å². The van der Waals surface area contributed by atoms with E-state index in [-0.39, 0.29) is 42.6 Å². The average molecular weight is 536 g/mol. The smallest absolute Gasteiger partial charge is 0.247 e. The molecule has 2 atom stereocenters. The Balaban J connectivity index is 1.40. The lowest BCUT2D eigenvalue weighted by atomic mass is 10.0. The fourth-order valence-corrected chi connectivity index (χ4v) is 4.97. The number of carbonyl (C=O) groups excluding carboxylic acids is 2. The summed E-state index contributed by atoms with van der Waals surface area (Å²) in [4.78, 5) is 35.0. The minimum Gasteiger partial charge on any atom is -0.376 e. The maximum absolute atomic E-state index is 13.7. The van der Waals surface area contributed by atoms with Crippen molar-refractivity contribution < 1.29 is 18.7 Å². The van der Waals surface area contributed by atoms with Gasteiger partial charge < -0.3 is 15.0 Å². The highest BCUT2D eigenvalue weighted by Gasteiger charge is 2.33. The first-order valence-corrected chi connectivity index (χ1v) is 13.1. The summed E-state index contributed by atoms with van der Waals surface area (Å²) in [5.74, 6) is -0.784. The number of tetrazole rings is 1. The molecule has 0 bridgehead atoms. The monoisotopic (exact) mass is 535 g/mol. The van der Waals surface area contributed by atoms with Crippen LogP contribution in [-0.2, 0) is 27.4 Å². The lowest BCUT2D eigenvalue weighted by Gasteiger charge is -2.31. The van der Waals surface area contributed by atoms with Gasteiger partial charge in [0.15, 0.2) is 0 Å². The molecule has 5 rings (SSSR count). The van der Waals surface area contributed by atoms with Crippen molar-refractivity contribution in [2.45, 2.75) is 38.1 Å². The minimum atomic E-state index is -0.908. The summed E-state index contributed by atoms with van der Waals surface area (Å²) in [5, 5.41) is 17.2. The van der Waals surface area contributed by atoms with Crippen LogP contribution in [0.3, 0.4) is 0 Å². The van der Waals surface area contributed by atoms with Crippen LogP contribution in [0, 0.1) is 5.82 Å². The van der Waals surface area contributed by atoms with E-state index < -0.39 is 6.04 Å². The zero-order chi connectivity index (χ0) is 26.3. The summed E-state index contributed by atoms with van der Waals surface area (Å²) in [6, 6.07) is 12.1. The number of carbonyl (C=O) groups is 2. The molecule has 0 saturated carbocycles. The van der Waals surface area contributed by atoms with Crippen LogP contribution >= 0.6 is 11.3 Å². The summed E-state index contributed by atoms with van der Waals surface area (Å²) in [6.07, 6.45) is 4.99. The van der Waals surface area contributed by atoms with Gasteiger partial charge in [-0.25, -0.2) is 4.39 Å². The number of thiophene rings is 1. The summed E-state index contributed by atoms with van der Waals surface area (Å²) >= 11 is 1.50. The third-order valence-electron chi connectivity index (χ3n) is 6.17. The number of aromatic nitrogens is 5. The van der Waals surface area contributed by atoms with E-state index >= 15 is 0 Å². The van der Waals surface area contributed by atoms with Crippen LogP contribution in [-0.4, -0.2) is 61.2 Å². The van der Waals surface area contributed by atoms with Gasteiger partial charge in [-0.2, -0.15) is 4.80 Å². The van der Waals surface area contributed by atoms with Gasteiger partial charge in [-0.3, -0.25) is 14.6 Å². The Morgan fingerprint density at radius 3 is 2.71 bits per heavy atom. The number of benzene rings is 1. The van der Waals surface area contributed by atoms with Crippen LogP contribution in [0.2, 0.25) is 0 Å². The first kappa shape index (κ1) is 25.6. The molecule has 1 saturated heterocycles. The van der Waals surface area contributed by atoms with E-state index in [9.17, 15) is 14.0 Å². The molecule has 10 nitrogen and oxygen atoms in total. The second kappa shape index (κ2) is 12.0. The quantitative estimate of drug-likeness (QED) is 0.332. The van der Waals surface area contributed by atoms with Gasteiger partial charge in [0, 0.05) is 36.0 Å². The molecule has 2 amide bonds. The third kappa shape index (κ3) is 6.26. The fraction of sp³-hybridized carbons (Fsp3) is 0.308. The molecule has 1 fully saturated rings. The lowest BCUT2D eigenvalue weighted by molar-refractivity contribution is -0.142. The largest absolute Gasteiger partial charge is 0.376 e. The SMILES string of the molecule is O=C(NC[C@@H]1CCCO1)[C@@H](c1ccncc1)N(Cc1cccs1)C(=O)Cn1nnc(-c2ccc(F)cc2)n1. The molecule has 1 aliphatic rings. The molecule has 38 heavy (non-hydrogen) atoms. The number of hydrogen-bond donors (Lipinski definition) is 1. The highest BCUT2D eigenvalue weighted by molar-refractivity contribution is 7.09. The van der Waals surface area contributed by atoms with E-state index in [2.05, 4.69) is 25.7 Å². The molecule has 1 N–H and O–H groups in total. The lowest BCUT2D eigenvalue weighted by Crippen LogP contribution is -2.46. The van der Waals surface area contributed by atoms with Gasteiger partial charge in [0.05, 0.1) is 12.6 Å². The second-order valence-corrected chi connectivity index (χ2v) is 9.85. The van der Waals surface area contributed by atoms with Crippen molar-refractivity contribution in [3.05, 3.63) is 82.6 Å². The molecular formula is C26H26FN7O3S. The minimum absolute atomic E-state index is 0.0391. The van der Waals surface area contributed by atoms with Crippen molar-refractivity contribution in [3.63, 3.8) is 0 Å². The van der Waals surface area contributed by atoms with E-state index in [1.54, 1.807) is 36.7 Å². The predicted molar refractivity (Wildman–Crippen MR) is 137 cm³/mol. The van der Waals surface area contributed by atoms with E-state index in [4.69, 9.17) is 4.74 Å². The third-order valence-corrected chi connectivity index (χ3v) is 7.03. The van der Waals surface area contributed by atoms with E-state index in [1.807, 2.05) is 17.5 Å². The Hall–Kier alpha value is -4.03. The van der Waals surface area contributed by atoms with E-state index in [0.29, 0.717) is 24.3 Å². The topological polar surface area (TPSA) is 115 Å². The predicted octanol–water partition coefficient (Wildman–Crippen LogP) is 3.00. The molecule has 0 aliphatic carbocycles. The number of ether oxygens (including phenoxy) is 1. The van der Waals surface area contributed by atoms with E-state index in [0.717, 1.165) is 17.7 Å². The number of nitrogens with zero attached hydrogens (tertiary/aromatic N) is 6. The Kier molecular flexibility index (Phi) is 8.09. The van der Waals surface area contributed by atoms with Crippen LogP contribution in [0.15, 0.2) is 66.3 Å². The summed E-state index contributed by atoms with van der Waals surface area (Å²) < 4.78 is 18.9. The van der Waals surface area contributed by atoms with Crippen LogP contribution in [0.4, 0.5) is 4.39 Å². The zero-order valence-electron chi connectivity index (χ0n) is 20.4. The zero-order valence-corrected chi connectivity index (χ0v) is 21.3. The molecule has 4 aromatic rings. The first-order valence-electron chi connectivity index (χ1n) is 12.2. The Bertz CT molecular complexity index is 1340. The van der Waals surface area contributed by atoms with Gasteiger partial charge in [-0.15, -0.1) is 21.5 Å². The number of rotatable bonds is 10. The molecule has 12 heteroatoms. The average Bonchev–Trinajstić information content (AvgIpc) is 3.72. The van der Waals surface area contributed by atoms with Crippen molar-refractivity contribution >= 4 is 23.2 Å². The van der Waals surface area contributed by atoms with Crippen LogP contribution in [0.1, 0.15) is 29.3 Å². The van der Waals surface area contributed by atoms with Gasteiger partial charge in [-0.05, 0) is 71.5 Å². The first-order chi connectivity index (χ1) is 18.6. The highest BCUT2D eigenvalue weighted by atomic mass is 32.1. The van der Waals surface area contributed by atoms with Gasteiger partial charge in [0.25, 0.3) is 0 Å². The number of halogens is 1. The van der Waals surface area contributed by atoms with Crippen molar-refractivity contribution in [2.75, 3.05) is 13.2 Å². The second-order valence-electron chi connectivity index (χ2n) is 8.81. The number of pyridine rings is 1. The summed E-state index contributed by atoms with van der Waals surface area (Å²) in [5.41, 5.74) is 1.21. The molecule has 196 valence electrons. The normalized spacial score (nSPS) is 15.8. The van der Waals surface area contributed by atoms with Crippen LogP contribution < -0.4 is 5.32 Å². The van der Waals surface area contributed by atoms with Crippen molar-refractivity contribution in [1.82, 2.24) is 35.4 Å². The van der Waals surface area contributed by atoms with Gasteiger partial charge >= 0.3 is 0 Å². The summed E-state index contributed by atoms with van der Waals surface area (Å²) in [7, 11) is 0. The molecule has 3 aromatic heterocycles. The van der Waals surface area contributed by atoms with Crippen molar-refractivity contribution in [3.8, 4) is 11.4 Å². The molecule has 0 spiro atoms. The molecule has 0 unspecified atom stereocenters. The Labute approximate surface area is 222 Å². The maximum Gasteiger partial charge on any atom is 0.247 e. The standard InChI is InChI=1S/C26H26FN7O3S/c27-20-7-5-19(6-8-20)25-30-32-34(31-25)17-23(35)33(16-22-4-2-14-38-22)24(18-9-11-28-12-10-18)26(36)29-15-21-3-1-13-37-21/h2,4-12,14,21,24H,1,3,13,15-17H2,(H,29,36)/t21-,24+/m0/s1. The summed E-state index contributed by atoms with van der Waals surface area (Å²) in [6.45, 7) is 1.03. The maximum atomic E-state index is 13.7. The van der Waals surface area contributed by atoms with Crippen molar-refractivity contribution in [1.29, 1.82) is 0 Å². The molecule has 4 heterocycles. The Morgan fingerprint density at radius 2 is 2.00 bits per heavy atom. The highest BCUT2D eigenvalue weighted by Crippen LogP contribution is 2.26. The molecular weight excluding hydrogens is 509 g/mol.